The minimum Gasteiger partial charge on any atom is -0.458 e. The molecule has 4 atom stereocenters. The molecule has 1 fully saturated rings. The Balaban J connectivity index is 2.39. The number of aliphatic hydroxyl groups excluding tert-OH is 2. The molecule has 2 rings (SSSR count). The molecule has 0 aromatic rings. The SMILES string of the molecule is C=C1C(=O)OC2C=C(C)C(O)CC=C(C)CC(OC(=O)C(C)=CCO)C12. The standard InChI is InChI=1S/C20H26O6/c1-11-5-6-15(22)13(3)10-17-18(14(4)20(24)26-17)16(9-11)25-19(23)12(2)7-8-21/h5,7,10,15-18,21-22H,4,6,8-9H2,1-3H3. The maximum absolute atomic E-state index is 12.3. The van der Waals surface area contributed by atoms with Gasteiger partial charge in [-0.15, -0.1) is 0 Å². The van der Waals surface area contributed by atoms with Crippen LogP contribution in [0, 0.1) is 5.92 Å². The number of rotatable bonds is 3. The van der Waals surface area contributed by atoms with Gasteiger partial charge in [0.1, 0.15) is 12.2 Å². The fourth-order valence-corrected chi connectivity index (χ4v) is 3.14. The molecule has 0 aromatic heterocycles. The van der Waals surface area contributed by atoms with Gasteiger partial charge in [0.25, 0.3) is 0 Å². The quantitative estimate of drug-likeness (QED) is 0.453. The Kier molecular flexibility index (Phi) is 6.56. The van der Waals surface area contributed by atoms with E-state index < -0.39 is 36.2 Å². The third-order valence-corrected chi connectivity index (χ3v) is 4.81. The molecule has 0 saturated carbocycles. The summed E-state index contributed by atoms with van der Waals surface area (Å²) in [6.45, 7) is 8.79. The zero-order chi connectivity index (χ0) is 19.4. The monoisotopic (exact) mass is 362 g/mol. The Hall–Kier alpha value is -2.18. The second-order valence-corrected chi connectivity index (χ2v) is 6.85. The first-order chi connectivity index (χ1) is 12.2. The van der Waals surface area contributed by atoms with Gasteiger partial charge in [-0.25, -0.2) is 9.59 Å². The summed E-state index contributed by atoms with van der Waals surface area (Å²) in [6.07, 6.45) is 3.87. The number of hydrogen-bond acceptors (Lipinski definition) is 6. The van der Waals surface area contributed by atoms with Crippen molar-refractivity contribution in [2.75, 3.05) is 6.61 Å². The number of hydrogen-bond donors (Lipinski definition) is 2. The summed E-state index contributed by atoms with van der Waals surface area (Å²) in [7, 11) is 0. The van der Waals surface area contributed by atoms with E-state index in [0.29, 0.717) is 24.0 Å². The molecule has 6 heteroatoms. The van der Waals surface area contributed by atoms with Crippen LogP contribution >= 0.6 is 0 Å². The van der Waals surface area contributed by atoms with E-state index in [2.05, 4.69) is 6.58 Å². The second kappa shape index (κ2) is 8.47. The van der Waals surface area contributed by atoms with Crippen molar-refractivity contribution in [2.24, 2.45) is 5.92 Å². The minimum atomic E-state index is -0.660. The molecule has 0 radical (unpaired) electrons. The zero-order valence-electron chi connectivity index (χ0n) is 15.4. The summed E-state index contributed by atoms with van der Waals surface area (Å²) in [4.78, 5) is 24.4. The van der Waals surface area contributed by atoms with Crippen LogP contribution in [-0.2, 0) is 19.1 Å². The van der Waals surface area contributed by atoms with Crippen LogP contribution in [-0.4, -0.2) is 47.1 Å². The Labute approximate surface area is 153 Å². The highest BCUT2D eigenvalue weighted by atomic mass is 16.6. The molecule has 2 N–H and O–H groups in total. The minimum absolute atomic E-state index is 0.253. The fourth-order valence-electron chi connectivity index (χ4n) is 3.14. The van der Waals surface area contributed by atoms with Gasteiger partial charge in [0, 0.05) is 17.6 Å². The third kappa shape index (κ3) is 4.51. The van der Waals surface area contributed by atoms with Gasteiger partial charge in [-0.2, -0.15) is 0 Å². The van der Waals surface area contributed by atoms with Crippen molar-refractivity contribution < 1.29 is 29.3 Å². The lowest BCUT2D eigenvalue weighted by Gasteiger charge is -2.28. The number of fused-ring (bicyclic) bond motifs is 1. The largest absolute Gasteiger partial charge is 0.458 e. The van der Waals surface area contributed by atoms with Crippen molar-refractivity contribution in [3.05, 3.63) is 47.1 Å². The van der Waals surface area contributed by atoms with E-state index in [-0.39, 0.29) is 12.2 Å². The molecule has 1 aliphatic carbocycles. The van der Waals surface area contributed by atoms with Crippen LogP contribution in [0.15, 0.2) is 47.1 Å². The Morgan fingerprint density at radius 1 is 1.46 bits per heavy atom. The van der Waals surface area contributed by atoms with E-state index in [1.165, 1.54) is 6.08 Å². The molecular formula is C20H26O6. The van der Waals surface area contributed by atoms with E-state index in [9.17, 15) is 14.7 Å². The summed E-state index contributed by atoms with van der Waals surface area (Å²) in [5, 5.41) is 19.2. The molecule has 4 unspecified atom stereocenters. The molecule has 2 aliphatic rings. The molecule has 0 amide bonds. The lowest BCUT2D eigenvalue weighted by Crippen LogP contribution is -2.34. The molecule has 0 bridgehead atoms. The molecule has 142 valence electrons. The van der Waals surface area contributed by atoms with Gasteiger partial charge in [0.2, 0.25) is 0 Å². The van der Waals surface area contributed by atoms with Crippen molar-refractivity contribution in [2.45, 2.75) is 51.9 Å². The average molecular weight is 362 g/mol. The van der Waals surface area contributed by atoms with Crippen LogP contribution in [0.25, 0.3) is 0 Å². The van der Waals surface area contributed by atoms with Crippen molar-refractivity contribution in [3.8, 4) is 0 Å². The van der Waals surface area contributed by atoms with Crippen molar-refractivity contribution in [3.63, 3.8) is 0 Å². The lowest BCUT2D eigenvalue weighted by atomic mass is 9.85. The molecule has 26 heavy (non-hydrogen) atoms. The van der Waals surface area contributed by atoms with Crippen molar-refractivity contribution in [1.29, 1.82) is 0 Å². The number of esters is 2. The molecule has 1 heterocycles. The maximum Gasteiger partial charge on any atom is 0.334 e. The predicted molar refractivity (Wildman–Crippen MR) is 96.0 cm³/mol. The van der Waals surface area contributed by atoms with Crippen LogP contribution in [0.5, 0.6) is 0 Å². The highest BCUT2D eigenvalue weighted by molar-refractivity contribution is 5.92. The van der Waals surface area contributed by atoms with Crippen LogP contribution < -0.4 is 0 Å². The average Bonchev–Trinajstić information content (AvgIpc) is 2.85. The van der Waals surface area contributed by atoms with E-state index in [1.54, 1.807) is 19.9 Å². The molecule has 0 spiro atoms. The van der Waals surface area contributed by atoms with Gasteiger partial charge in [-0.05, 0) is 44.9 Å². The zero-order valence-corrected chi connectivity index (χ0v) is 15.4. The first kappa shape index (κ1) is 20.1. The van der Waals surface area contributed by atoms with Gasteiger partial charge in [0.15, 0.2) is 0 Å². The normalized spacial score (nSPS) is 30.1. The van der Waals surface area contributed by atoms with Gasteiger partial charge in [-0.3, -0.25) is 0 Å². The predicted octanol–water partition coefficient (Wildman–Crippen LogP) is 1.98. The lowest BCUT2D eigenvalue weighted by molar-refractivity contribution is -0.147. The van der Waals surface area contributed by atoms with E-state index in [1.807, 2.05) is 13.0 Å². The van der Waals surface area contributed by atoms with Gasteiger partial charge >= 0.3 is 11.9 Å². The Morgan fingerprint density at radius 2 is 2.15 bits per heavy atom. The van der Waals surface area contributed by atoms with E-state index in [0.717, 1.165) is 5.57 Å². The Morgan fingerprint density at radius 3 is 2.81 bits per heavy atom. The van der Waals surface area contributed by atoms with Crippen LogP contribution in [0.1, 0.15) is 33.6 Å². The van der Waals surface area contributed by atoms with Crippen LogP contribution in [0.3, 0.4) is 0 Å². The van der Waals surface area contributed by atoms with Crippen molar-refractivity contribution in [1.82, 2.24) is 0 Å². The van der Waals surface area contributed by atoms with Gasteiger partial charge < -0.3 is 19.7 Å². The topological polar surface area (TPSA) is 93.1 Å². The first-order valence-electron chi connectivity index (χ1n) is 8.65. The smallest absolute Gasteiger partial charge is 0.334 e. The van der Waals surface area contributed by atoms with Crippen LogP contribution in [0.2, 0.25) is 0 Å². The van der Waals surface area contributed by atoms with Crippen molar-refractivity contribution >= 4 is 11.9 Å². The van der Waals surface area contributed by atoms with E-state index in [4.69, 9.17) is 14.6 Å². The molecular weight excluding hydrogens is 336 g/mol. The third-order valence-electron chi connectivity index (χ3n) is 4.81. The first-order valence-corrected chi connectivity index (χ1v) is 8.65. The number of carbonyl (C=O) groups is 2. The van der Waals surface area contributed by atoms with Gasteiger partial charge in [-0.1, -0.05) is 18.2 Å². The molecule has 0 aromatic carbocycles. The highest BCUT2D eigenvalue weighted by Gasteiger charge is 2.44. The van der Waals surface area contributed by atoms with Crippen LogP contribution in [0.4, 0.5) is 0 Å². The number of ether oxygens (including phenoxy) is 2. The molecule has 1 aliphatic heterocycles. The summed E-state index contributed by atoms with van der Waals surface area (Å²) < 4.78 is 11.1. The summed E-state index contributed by atoms with van der Waals surface area (Å²) in [5.41, 5.74) is 2.17. The molecule has 6 nitrogen and oxygen atoms in total. The summed E-state index contributed by atoms with van der Waals surface area (Å²) >= 11 is 0. The fraction of sp³-hybridized carbons (Fsp3) is 0.500. The van der Waals surface area contributed by atoms with Gasteiger partial charge in [0.05, 0.1) is 18.6 Å². The number of aliphatic hydroxyl groups is 2. The van der Waals surface area contributed by atoms with E-state index >= 15 is 0 Å². The number of carbonyl (C=O) groups excluding carboxylic acids is 2. The highest BCUT2D eigenvalue weighted by Crippen LogP contribution is 2.36. The summed E-state index contributed by atoms with van der Waals surface area (Å²) in [6, 6.07) is 0. The summed E-state index contributed by atoms with van der Waals surface area (Å²) in [5.74, 6) is -1.61. The maximum atomic E-state index is 12.3. The Bertz CT molecular complexity index is 684. The second-order valence-electron chi connectivity index (χ2n) is 6.85. The molecule has 1 saturated heterocycles.